The highest BCUT2D eigenvalue weighted by molar-refractivity contribution is 5.98. The third-order valence-electron chi connectivity index (χ3n) is 4.28. The van der Waals surface area contributed by atoms with E-state index in [1.165, 1.54) is 14.0 Å². The molecule has 0 aliphatic rings. The smallest absolute Gasteiger partial charge is 0.361 e. The lowest BCUT2D eigenvalue weighted by atomic mass is 10.2. The first kappa shape index (κ1) is 20.1. The molecule has 1 N–H and O–H groups in total. The lowest BCUT2D eigenvalue weighted by Gasteiger charge is -2.15. The molecule has 7 nitrogen and oxygen atoms in total. The number of carbonyl (C=O) groups excluding carboxylic acids is 2. The second kappa shape index (κ2) is 8.60. The van der Waals surface area contributed by atoms with Gasteiger partial charge in [-0.25, -0.2) is 9.78 Å². The fourth-order valence-corrected chi connectivity index (χ4v) is 2.71. The van der Waals surface area contributed by atoms with E-state index in [4.69, 9.17) is 13.9 Å². The van der Waals surface area contributed by atoms with Gasteiger partial charge in [-0.1, -0.05) is 24.3 Å². The van der Waals surface area contributed by atoms with E-state index < -0.39 is 18.0 Å². The summed E-state index contributed by atoms with van der Waals surface area (Å²) in [4.78, 5) is 29.2. The van der Waals surface area contributed by atoms with Crippen molar-refractivity contribution < 1.29 is 23.5 Å². The summed E-state index contributed by atoms with van der Waals surface area (Å²) in [5.74, 6) is -0.0558. The van der Waals surface area contributed by atoms with E-state index in [0.717, 1.165) is 11.1 Å². The van der Waals surface area contributed by atoms with Crippen molar-refractivity contribution in [1.29, 1.82) is 0 Å². The number of carbonyl (C=O) groups is 2. The highest BCUT2D eigenvalue weighted by Gasteiger charge is 2.25. The Hall–Kier alpha value is -3.61. The van der Waals surface area contributed by atoms with Crippen molar-refractivity contribution >= 4 is 17.6 Å². The minimum Gasteiger partial charge on any atom is -0.495 e. The zero-order chi connectivity index (χ0) is 21.0. The molecule has 0 spiro atoms. The molecule has 0 radical (unpaired) electrons. The van der Waals surface area contributed by atoms with E-state index in [1.807, 2.05) is 43.3 Å². The molecule has 0 bridgehead atoms. The fraction of sp³-hybridized carbons (Fsp3) is 0.227. The maximum atomic E-state index is 12.5. The van der Waals surface area contributed by atoms with Gasteiger partial charge in [-0.2, -0.15) is 0 Å². The van der Waals surface area contributed by atoms with Crippen LogP contribution in [-0.2, 0) is 9.53 Å². The van der Waals surface area contributed by atoms with Crippen molar-refractivity contribution in [2.75, 3.05) is 12.4 Å². The molecule has 0 saturated carbocycles. The number of esters is 1. The number of amides is 1. The van der Waals surface area contributed by atoms with Crippen LogP contribution in [0.1, 0.15) is 28.7 Å². The number of anilines is 1. The Labute approximate surface area is 168 Å². The van der Waals surface area contributed by atoms with E-state index in [-0.39, 0.29) is 5.69 Å². The minimum absolute atomic E-state index is 0.0386. The van der Waals surface area contributed by atoms with Crippen molar-refractivity contribution in [2.24, 2.45) is 0 Å². The maximum absolute atomic E-state index is 12.5. The standard InChI is InChI=1S/C22H22N2O5/c1-13-10-11-18(27-4)17(12-13)23-20(25)15(3)29-22(26)19-14(2)28-21(24-19)16-8-6-5-7-9-16/h5-12,15H,1-4H3,(H,23,25)/t15-/m0/s1. The number of nitrogens with one attached hydrogen (secondary N) is 1. The lowest BCUT2D eigenvalue weighted by Crippen LogP contribution is -2.30. The highest BCUT2D eigenvalue weighted by Crippen LogP contribution is 2.26. The molecule has 0 aliphatic heterocycles. The maximum Gasteiger partial charge on any atom is 0.361 e. The SMILES string of the molecule is COc1ccc(C)cc1NC(=O)[C@H](C)OC(=O)c1nc(-c2ccccc2)oc1C. The number of methoxy groups -OCH3 is 1. The van der Waals surface area contributed by atoms with Crippen LogP contribution >= 0.6 is 0 Å². The summed E-state index contributed by atoms with van der Waals surface area (Å²) in [7, 11) is 1.52. The topological polar surface area (TPSA) is 90.7 Å². The molecule has 0 saturated heterocycles. The summed E-state index contributed by atoms with van der Waals surface area (Å²) in [5, 5.41) is 2.72. The monoisotopic (exact) mass is 394 g/mol. The number of aryl methyl sites for hydroxylation is 2. The van der Waals surface area contributed by atoms with E-state index >= 15 is 0 Å². The van der Waals surface area contributed by atoms with Gasteiger partial charge < -0.3 is 19.2 Å². The van der Waals surface area contributed by atoms with Crippen molar-refractivity contribution in [2.45, 2.75) is 26.9 Å². The van der Waals surface area contributed by atoms with Crippen molar-refractivity contribution in [3.05, 3.63) is 65.5 Å². The van der Waals surface area contributed by atoms with Crippen LogP contribution < -0.4 is 10.1 Å². The largest absolute Gasteiger partial charge is 0.495 e. The van der Waals surface area contributed by atoms with Gasteiger partial charge in [0.25, 0.3) is 5.91 Å². The quantitative estimate of drug-likeness (QED) is 0.632. The van der Waals surface area contributed by atoms with Crippen LogP contribution in [-0.4, -0.2) is 30.1 Å². The van der Waals surface area contributed by atoms with Crippen LogP contribution in [0.5, 0.6) is 5.75 Å². The molecule has 1 heterocycles. The summed E-state index contributed by atoms with van der Waals surface area (Å²) >= 11 is 0. The summed E-state index contributed by atoms with van der Waals surface area (Å²) in [5.41, 5.74) is 2.24. The minimum atomic E-state index is -1.04. The molecule has 0 aliphatic carbocycles. The average Bonchev–Trinajstić information content (AvgIpc) is 3.10. The van der Waals surface area contributed by atoms with Crippen LogP contribution in [0.2, 0.25) is 0 Å². The van der Waals surface area contributed by atoms with Gasteiger partial charge >= 0.3 is 5.97 Å². The number of aromatic nitrogens is 1. The number of benzene rings is 2. The third kappa shape index (κ3) is 4.63. The number of hydrogen-bond acceptors (Lipinski definition) is 6. The molecule has 3 rings (SSSR count). The van der Waals surface area contributed by atoms with Crippen LogP contribution in [0, 0.1) is 13.8 Å². The average molecular weight is 394 g/mol. The molecule has 2 aromatic carbocycles. The molecule has 1 aromatic heterocycles. The first-order valence-corrected chi connectivity index (χ1v) is 9.08. The molecule has 7 heteroatoms. The predicted octanol–water partition coefficient (Wildman–Crippen LogP) is 4.15. The van der Waals surface area contributed by atoms with Crippen LogP contribution in [0.3, 0.4) is 0 Å². The summed E-state index contributed by atoms with van der Waals surface area (Å²) in [6.45, 7) is 5.01. The van der Waals surface area contributed by atoms with Gasteiger partial charge in [0.15, 0.2) is 11.8 Å². The summed E-state index contributed by atoms with van der Waals surface area (Å²) in [6, 6.07) is 14.6. The van der Waals surface area contributed by atoms with E-state index in [1.54, 1.807) is 19.1 Å². The van der Waals surface area contributed by atoms with Crippen molar-refractivity contribution in [1.82, 2.24) is 4.98 Å². The summed E-state index contributed by atoms with van der Waals surface area (Å²) in [6.07, 6.45) is -1.04. The number of rotatable bonds is 6. The second-order valence-electron chi connectivity index (χ2n) is 6.53. The Morgan fingerprint density at radius 2 is 1.83 bits per heavy atom. The molecule has 0 unspecified atom stereocenters. The number of nitrogens with zero attached hydrogens (tertiary/aromatic N) is 1. The Bertz CT molecular complexity index is 1030. The van der Waals surface area contributed by atoms with Crippen molar-refractivity contribution in [3.8, 4) is 17.2 Å². The Kier molecular flexibility index (Phi) is 5.97. The zero-order valence-electron chi connectivity index (χ0n) is 16.7. The van der Waals surface area contributed by atoms with Crippen molar-refractivity contribution in [3.63, 3.8) is 0 Å². The Morgan fingerprint density at radius 1 is 1.10 bits per heavy atom. The van der Waals surface area contributed by atoms with Gasteiger partial charge in [-0.15, -0.1) is 0 Å². The van der Waals surface area contributed by atoms with E-state index in [2.05, 4.69) is 10.3 Å². The number of hydrogen-bond donors (Lipinski definition) is 1. The molecule has 29 heavy (non-hydrogen) atoms. The fourth-order valence-electron chi connectivity index (χ4n) is 2.71. The molecule has 0 fully saturated rings. The van der Waals surface area contributed by atoms with Gasteiger partial charge in [0, 0.05) is 5.56 Å². The Balaban J connectivity index is 1.70. The zero-order valence-corrected chi connectivity index (χ0v) is 16.7. The number of oxazole rings is 1. The Morgan fingerprint density at radius 3 is 2.52 bits per heavy atom. The molecule has 1 atom stereocenters. The highest BCUT2D eigenvalue weighted by atomic mass is 16.5. The van der Waals surface area contributed by atoms with Gasteiger partial charge in [-0.05, 0) is 50.6 Å². The van der Waals surface area contributed by atoms with Gasteiger partial charge in [-0.3, -0.25) is 4.79 Å². The van der Waals surface area contributed by atoms with E-state index in [0.29, 0.717) is 23.1 Å². The van der Waals surface area contributed by atoms with Gasteiger partial charge in [0.05, 0.1) is 12.8 Å². The van der Waals surface area contributed by atoms with E-state index in [9.17, 15) is 9.59 Å². The van der Waals surface area contributed by atoms with Crippen LogP contribution in [0.15, 0.2) is 52.9 Å². The normalized spacial score (nSPS) is 11.6. The second-order valence-corrected chi connectivity index (χ2v) is 6.53. The summed E-state index contributed by atoms with van der Waals surface area (Å²) < 4.78 is 16.1. The first-order chi connectivity index (χ1) is 13.9. The number of ether oxygens (including phenoxy) is 2. The predicted molar refractivity (Wildman–Crippen MR) is 108 cm³/mol. The third-order valence-corrected chi connectivity index (χ3v) is 4.28. The molecule has 1 amide bonds. The molecular weight excluding hydrogens is 372 g/mol. The van der Waals surface area contributed by atoms with Crippen LogP contribution in [0.4, 0.5) is 5.69 Å². The molecule has 3 aromatic rings. The van der Waals surface area contributed by atoms with Crippen LogP contribution in [0.25, 0.3) is 11.5 Å². The molecule has 150 valence electrons. The van der Waals surface area contributed by atoms with Gasteiger partial charge in [0.2, 0.25) is 5.89 Å². The first-order valence-electron chi connectivity index (χ1n) is 9.08. The lowest BCUT2D eigenvalue weighted by molar-refractivity contribution is -0.123. The molecular formula is C22H22N2O5. The van der Waals surface area contributed by atoms with Gasteiger partial charge in [0.1, 0.15) is 11.5 Å².